The number of hydrogen-bond acceptors (Lipinski definition) is 2. The molecule has 22 heavy (non-hydrogen) atoms. The van der Waals surface area contributed by atoms with Gasteiger partial charge in [0.2, 0.25) is 0 Å². The summed E-state index contributed by atoms with van der Waals surface area (Å²) in [6.07, 6.45) is 14.2. The summed E-state index contributed by atoms with van der Waals surface area (Å²) in [5.41, 5.74) is 0.668. The normalized spacial score (nSPS) is 10.2. The molecular formula is C18H22I2O2. The van der Waals surface area contributed by atoms with Crippen LogP contribution in [0.4, 0.5) is 0 Å². The van der Waals surface area contributed by atoms with E-state index >= 15 is 0 Å². The van der Waals surface area contributed by atoms with Gasteiger partial charge < -0.3 is 4.74 Å². The average Bonchev–Trinajstić information content (AvgIpc) is 2.51. The summed E-state index contributed by atoms with van der Waals surface area (Å²) in [5.74, 6) is 2.46. The summed E-state index contributed by atoms with van der Waals surface area (Å²) in [6.45, 7) is 0.511. The van der Waals surface area contributed by atoms with Crippen molar-refractivity contribution in [2.24, 2.45) is 0 Å². The van der Waals surface area contributed by atoms with Crippen LogP contribution in [0.3, 0.4) is 0 Å². The van der Waals surface area contributed by atoms with E-state index in [4.69, 9.17) is 11.2 Å². The van der Waals surface area contributed by atoms with E-state index in [1.54, 1.807) is 0 Å². The number of halogens is 2. The zero-order chi connectivity index (χ0) is 16.2. The highest BCUT2D eigenvalue weighted by molar-refractivity contribution is 14.1. The van der Waals surface area contributed by atoms with E-state index in [1.807, 2.05) is 18.2 Å². The third-order valence-corrected chi connectivity index (χ3v) is 4.96. The summed E-state index contributed by atoms with van der Waals surface area (Å²) in [6, 6.07) is 5.81. The minimum atomic E-state index is -0.211. The van der Waals surface area contributed by atoms with Crippen molar-refractivity contribution in [3.8, 4) is 12.3 Å². The van der Waals surface area contributed by atoms with Crippen molar-refractivity contribution in [1.29, 1.82) is 0 Å². The van der Waals surface area contributed by atoms with Crippen LogP contribution in [0, 0.1) is 19.5 Å². The number of terminal acetylenes is 1. The van der Waals surface area contributed by atoms with Gasteiger partial charge in [-0.1, -0.05) is 32.1 Å². The lowest BCUT2D eigenvalue weighted by atomic mass is 10.1. The highest BCUT2D eigenvalue weighted by Gasteiger charge is 2.11. The van der Waals surface area contributed by atoms with Gasteiger partial charge in [-0.15, -0.1) is 12.3 Å². The van der Waals surface area contributed by atoms with Gasteiger partial charge in [-0.2, -0.15) is 0 Å². The first kappa shape index (κ1) is 19.8. The Morgan fingerprint density at radius 1 is 1.05 bits per heavy atom. The van der Waals surface area contributed by atoms with E-state index in [0.29, 0.717) is 12.2 Å². The Labute approximate surface area is 161 Å². The van der Waals surface area contributed by atoms with Gasteiger partial charge in [-0.25, -0.2) is 4.79 Å². The van der Waals surface area contributed by atoms with Crippen LogP contribution in [0.25, 0.3) is 0 Å². The van der Waals surface area contributed by atoms with Crippen molar-refractivity contribution in [2.45, 2.75) is 51.4 Å². The monoisotopic (exact) mass is 524 g/mol. The van der Waals surface area contributed by atoms with Gasteiger partial charge in [0.15, 0.2) is 0 Å². The first-order chi connectivity index (χ1) is 10.6. The Kier molecular flexibility index (Phi) is 10.9. The molecular weight excluding hydrogens is 502 g/mol. The fraction of sp³-hybridized carbons (Fsp3) is 0.500. The predicted octanol–water partition coefficient (Wildman–Crippen LogP) is 5.81. The summed E-state index contributed by atoms with van der Waals surface area (Å²) < 4.78 is 7.34. The van der Waals surface area contributed by atoms with Crippen LogP contribution in [-0.2, 0) is 4.74 Å². The summed E-state index contributed by atoms with van der Waals surface area (Å²) >= 11 is 4.37. The molecule has 0 saturated carbocycles. The average molecular weight is 524 g/mol. The second kappa shape index (κ2) is 12.2. The molecule has 0 saturated heterocycles. The van der Waals surface area contributed by atoms with Gasteiger partial charge in [0.05, 0.1) is 12.2 Å². The van der Waals surface area contributed by atoms with Gasteiger partial charge in [-0.3, -0.25) is 0 Å². The first-order valence-electron chi connectivity index (χ1n) is 7.71. The van der Waals surface area contributed by atoms with Crippen LogP contribution in [0.15, 0.2) is 18.2 Å². The van der Waals surface area contributed by atoms with Crippen LogP contribution in [0.1, 0.15) is 61.7 Å². The molecule has 0 aromatic heterocycles. The van der Waals surface area contributed by atoms with Crippen LogP contribution >= 0.6 is 45.2 Å². The maximum absolute atomic E-state index is 12.0. The fourth-order valence-corrected chi connectivity index (χ4v) is 3.16. The first-order valence-corrected chi connectivity index (χ1v) is 9.86. The molecule has 4 heteroatoms. The Hall–Kier alpha value is -0.290. The molecule has 0 atom stereocenters. The number of ether oxygens (including phenoxy) is 1. The lowest BCUT2D eigenvalue weighted by Crippen LogP contribution is -2.08. The SMILES string of the molecule is C#CCCCCCCCCCOC(=O)c1cc(I)ccc1I. The van der Waals surface area contributed by atoms with E-state index in [-0.39, 0.29) is 5.97 Å². The molecule has 0 fully saturated rings. The molecule has 0 radical (unpaired) electrons. The molecule has 120 valence electrons. The maximum Gasteiger partial charge on any atom is 0.339 e. The lowest BCUT2D eigenvalue weighted by Gasteiger charge is -2.07. The molecule has 2 nitrogen and oxygen atoms in total. The molecule has 0 bridgehead atoms. The van der Waals surface area contributed by atoms with Gasteiger partial charge in [0.25, 0.3) is 0 Å². The van der Waals surface area contributed by atoms with Crippen molar-refractivity contribution in [3.63, 3.8) is 0 Å². The third kappa shape index (κ3) is 8.37. The molecule has 0 aliphatic carbocycles. The van der Waals surface area contributed by atoms with Gasteiger partial charge in [-0.05, 0) is 76.2 Å². The fourth-order valence-electron chi connectivity index (χ4n) is 2.11. The largest absolute Gasteiger partial charge is 0.462 e. The van der Waals surface area contributed by atoms with Crippen molar-refractivity contribution in [2.75, 3.05) is 6.61 Å². The third-order valence-electron chi connectivity index (χ3n) is 3.35. The Balaban J connectivity index is 2.08. The molecule has 1 aromatic carbocycles. The highest BCUT2D eigenvalue weighted by atomic mass is 127. The molecule has 0 heterocycles. The predicted molar refractivity (Wildman–Crippen MR) is 108 cm³/mol. The minimum absolute atomic E-state index is 0.211. The van der Waals surface area contributed by atoms with E-state index in [1.165, 1.54) is 25.7 Å². The Morgan fingerprint density at radius 2 is 1.68 bits per heavy atom. The van der Waals surface area contributed by atoms with E-state index in [9.17, 15) is 4.79 Å². The van der Waals surface area contributed by atoms with E-state index in [2.05, 4.69) is 51.1 Å². The number of carbonyl (C=O) groups is 1. The lowest BCUT2D eigenvalue weighted by molar-refractivity contribution is 0.0496. The highest BCUT2D eigenvalue weighted by Crippen LogP contribution is 2.17. The summed E-state index contributed by atoms with van der Waals surface area (Å²) in [4.78, 5) is 12.0. The molecule has 0 unspecified atom stereocenters. The van der Waals surface area contributed by atoms with Crippen LogP contribution in [0.5, 0.6) is 0 Å². The second-order valence-corrected chi connectivity index (χ2v) is 7.60. The zero-order valence-electron chi connectivity index (χ0n) is 12.7. The Bertz CT molecular complexity index is 506. The summed E-state index contributed by atoms with van der Waals surface area (Å²) in [5, 5.41) is 0. The van der Waals surface area contributed by atoms with Gasteiger partial charge in [0, 0.05) is 13.6 Å². The van der Waals surface area contributed by atoms with Crippen molar-refractivity contribution in [3.05, 3.63) is 30.9 Å². The molecule has 0 amide bonds. The standard InChI is InChI=1S/C18H22I2O2/c1-2-3-4-5-6-7-8-9-10-13-22-18(21)16-14-15(19)11-12-17(16)20/h1,11-12,14H,3-10,13H2. The minimum Gasteiger partial charge on any atom is -0.462 e. The molecule has 0 N–H and O–H groups in total. The summed E-state index contributed by atoms with van der Waals surface area (Å²) in [7, 11) is 0. The molecule has 1 rings (SSSR count). The van der Waals surface area contributed by atoms with Gasteiger partial charge in [0.1, 0.15) is 0 Å². The Morgan fingerprint density at radius 3 is 2.36 bits per heavy atom. The molecule has 0 spiro atoms. The van der Waals surface area contributed by atoms with Crippen LogP contribution < -0.4 is 0 Å². The number of hydrogen-bond donors (Lipinski definition) is 0. The van der Waals surface area contributed by atoms with Gasteiger partial charge >= 0.3 is 5.97 Å². The van der Waals surface area contributed by atoms with E-state index in [0.717, 1.165) is 32.8 Å². The topological polar surface area (TPSA) is 26.3 Å². The van der Waals surface area contributed by atoms with Crippen molar-refractivity contribution in [1.82, 2.24) is 0 Å². The van der Waals surface area contributed by atoms with Crippen LogP contribution in [-0.4, -0.2) is 12.6 Å². The molecule has 0 aliphatic heterocycles. The smallest absolute Gasteiger partial charge is 0.339 e. The van der Waals surface area contributed by atoms with Crippen LogP contribution in [0.2, 0.25) is 0 Å². The number of benzene rings is 1. The van der Waals surface area contributed by atoms with Crippen molar-refractivity contribution >= 4 is 51.2 Å². The number of rotatable bonds is 10. The van der Waals surface area contributed by atoms with Crippen molar-refractivity contribution < 1.29 is 9.53 Å². The van der Waals surface area contributed by atoms with E-state index < -0.39 is 0 Å². The number of carbonyl (C=O) groups excluding carboxylic acids is 1. The maximum atomic E-state index is 12.0. The number of unbranched alkanes of at least 4 members (excludes halogenated alkanes) is 7. The quantitative estimate of drug-likeness (QED) is 0.167. The second-order valence-electron chi connectivity index (χ2n) is 5.19. The zero-order valence-corrected chi connectivity index (χ0v) is 17.1. The number of esters is 1. The molecule has 0 aliphatic rings. The molecule has 1 aromatic rings.